The highest BCUT2D eigenvalue weighted by Crippen LogP contribution is 2.29. The van der Waals surface area contributed by atoms with Crippen molar-refractivity contribution < 1.29 is 4.79 Å². The standard InChI is InChI=1S/C22H30ClN3OS/c1-4-19-7-5-6-12-25(19)21(27)15-28-22-24-13-20(26(22)14-16(2)3)17-8-10-18(23)11-9-17/h8-11,13,16,19H,4-7,12,14-15H2,1-3H3/t19-/m0/s1. The van der Waals surface area contributed by atoms with Gasteiger partial charge in [0.2, 0.25) is 5.91 Å². The Morgan fingerprint density at radius 2 is 2.04 bits per heavy atom. The highest BCUT2D eigenvalue weighted by Gasteiger charge is 2.25. The topological polar surface area (TPSA) is 38.1 Å². The molecule has 1 aromatic heterocycles. The molecule has 0 spiro atoms. The molecule has 28 heavy (non-hydrogen) atoms. The van der Waals surface area contributed by atoms with Gasteiger partial charge in [0.05, 0.1) is 17.6 Å². The van der Waals surface area contributed by atoms with E-state index in [-0.39, 0.29) is 5.91 Å². The van der Waals surface area contributed by atoms with E-state index in [0.29, 0.717) is 17.7 Å². The number of benzene rings is 1. The van der Waals surface area contributed by atoms with E-state index < -0.39 is 0 Å². The lowest BCUT2D eigenvalue weighted by Crippen LogP contribution is -2.44. The number of hydrogen-bond donors (Lipinski definition) is 0. The Balaban J connectivity index is 1.76. The highest BCUT2D eigenvalue weighted by atomic mass is 35.5. The van der Waals surface area contributed by atoms with Crippen molar-refractivity contribution >= 4 is 29.3 Å². The molecule has 0 bridgehead atoms. The van der Waals surface area contributed by atoms with Crippen molar-refractivity contribution in [3.8, 4) is 11.3 Å². The summed E-state index contributed by atoms with van der Waals surface area (Å²) >= 11 is 7.60. The minimum atomic E-state index is 0.240. The van der Waals surface area contributed by atoms with Gasteiger partial charge in [-0.15, -0.1) is 0 Å². The number of nitrogens with zero attached hydrogens (tertiary/aromatic N) is 3. The van der Waals surface area contributed by atoms with Crippen LogP contribution in [-0.4, -0.2) is 38.7 Å². The van der Waals surface area contributed by atoms with E-state index in [4.69, 9.17) is 11.6 Å². The molecular formula is C22H30ClN3OS. The number of amides is 1. The maximum Gasteiger partial charge on any atom is 0.233 e. The molecule has 1 aliphatic rings. The molecule has 1 aromatic carbocycles. The lowest BCUT2D eigenvalue weighted by Gasteiger charge is -2.35. The quantitative estimate of drug-likeness (QED) is 0.537. The van der Waals surface area contributed by atoms with Crippen LogP contribution in [0.4, 0.5) is 0 Å². The van der Waals surface area contributed by atoms with Crippen molar-refractivity contribution in [2.24, 2.45) is 5.92 Å². The fraction of sp³-hybridized carbons (Fsp3) is 0.545. The van der Waals surface area contributed by atoms with Gasteiger partial charge >= 0.3 is 0 Å². The second kappa shape index (κ2) is 9.84. The largest absolute Gasteiger partial charge is 0.339 e. The Labute approximate surface area is 177 Å². The van der Waals surface area contributed by atoms with E-state index in [2.05, 4.69) is 35.2 Å². The molecule has 0 unspecified atom stereocenters. The number of piperidine rings is 1. The van der Waals surface area contributed by atoms with Gasteiger partial charge in [0, 0.05) is 24.2 Å². The second-order valence-corrected chi connectivity index (χ2v) is 9.25. The van der Waals surface area contributed by atoms with E-state index in [9.17, 15) is 4.79 Å². The summed E-state index contributed by atoms with van der Waals surface area (Å²) in [4.78, 5) is 19.6. The number of halogens is 1. The van der Waals surface area contributed by atoms with Crippen LogP contribution in [0.2, 0.25) is 5.02 Å². The third-order valence-corrected chi connectivity index (χ3v) is 6.48. The minimum absolute atomic E-state index is 0.240. The van der Waals surface area contributed by atoms with Crippen molar-refractivity contribution in [1.29, 1.82) is 0 Å². The number of likely N-dealkylation sites (tertiary alicyclic amines) is 1. The zero-order valence-electron chi connectivity index (χ0n) is 17.0. The molecule has 0 radical (unpaired) electrons. The van der Waals surface area contributed by atoms with Crippen molar-refractivity contribution in [1.82, 2.24) is 14.5 Å². The zero-order valence-corrected chi connectivity index (χ0v) is 18.6. The zero-order chi connectivity index (χ0) is 20.1. The minimum Gasteiger partial charge on any atom is -0.339 e. The van der Waals surface area contributed by atoms with Gasteiger partial charge in [0.25, 0.3) is 0 Å². The van der Waals surface area contributed by atoms with Gasteiger partial charge < -0.3 is 9.47 Å². The number of imidazole rings is 1. The summed E-state index contributed by atoms with van der Waals surface area (Å²) in [5.74, 6) is 1.18. The van der Waals surface area contributed by atoms with Crippen LogP contribution in [0.3, 0.4) is 0 Å². The second-order valence-electron chi connectivity index (χ2n) is 7.87. The van der Waals surface area contributed by atoms with Gasteiger partial charge in [0.1, 0.15) is 0 Å². The Morgan fingerprint density at radius 1 is 1.29 bits per heavy atom. The molecule has 152 valence electrons. The summed E-state index contributed by atoms with van der Waals surface area (Å²) in [5.41, 5.74) is 2.17. The molecule has 2 heterocycles. The lowest BCUT2D eigenvalue weighted by molar-refractivity contribution is -0.132. The Morgan fingerprint density at radius 3 is 2.71 bits per heavy atom. The molecule has 1 amide bonds. The van der Waals surface area contributed by atoms with Gasteiger partial charge in [-0.25, -0.2) is 4.98 Å². The van der Waals surface area contributed by atoms with E-state index in [0.717, 1.165) is 53.8 Å². The summed E-state index contributed by atoms with van der Waals surface area (Å²) in [6, 6.07) is 8.26. The van der Waals surface area contributed by atoms with E-state index in [1.165, 1.54) is 6.42 Å². The maximum absolute atomic E-state index is 12.8. The normalized spacial score (nSPS) is 17.3. The number of hydrogen-bond acceptors (Lipinski definition) is 3. The van der Waals surface area contributed by atoms with Crippen LogP contribution < -0.4 is 0 Å². The number of carbonyl (C=O) groups excluding carboxylic acids is 1. The van der Waals surface area contributed by atoms with Crippen molar-refractivity contribution in [2.75, 3.05) is 12.3 Å². The van der Waals surface area contributed by atoms with E-state index in [1.807, 2.05) is 30.5 Å². The molecule has 0 aliphatic carbocycles. The molecule has 1 fully saturated rings. The summed E-state index contributed by atoms with van der Waals surface area (Å²) in [7, 11) is 0. The molecule has 1 aliphatic heterocycles. The molecule has 0 saturated carbocycles. The summed E-state index contributed by atoms with van der Waals surface area (Å²) in [5, 5.41) is 1.64. The smallest absolute Gasteiger partial charge is 0.233 e. The fourth-order valence-corrected chi connectivity index (χ4v) is 4.83. The molecule has 2 aromatic rings. The first-order chi connectivity index (χ1) is 13.5. The SMILES string of the molecule is CC[C@H]1CCCCN1C(=O)CSc1ncc(-c2ccc(Cl)cc2)n1CC(C)C. The first-order valence-corrected chi connectivity index (χ1v) is 11.6. The molecule has 0 N–H and O–H groups in total. The average molecular weight is 420 g/mol. The van der Waals surface area contributed by atoms with E-state index >= 15 is 0 Å². The predicted molar refractivity (Wildman–Crippen MR) is 118 cm³/mol. The van der Waals surface area contributed by atoms with Crippen LogP contribution in [0.1, 0.15) is 46.5 Å². The first-order valence-electron chi connectivity index (χ1n) is 10.2. The molecule has 1 saturated heterocycles. The van der Waals surface area contributed by atoms with Crippen LogP contribution in [0.25, 0.3) is 11.3 Å². The van der Waals surface area contributed by atoms with Crippen molar-refractivity contribution in [3.05, 3.63) is 35.5 Å². The van der Waals surface area contributed by atoms with Crippen LogP contribution in [0, 0.1) is 5.92 Å². The number of thioether (sulfide) groups is 1. The summed E-state index contributed by atoms with van der Waals surface area (Å²) < 4.78 is 2.24. The van der Waals surface area contributed by atoms with Crippen molar-refractivity contribution in [3.63, 3.8) is 0 Å². The van der Waals surface area contributed by atoms with Crippen LogP contribution >= 0.6 is 23.4 Å². The molecular weight excluding hydrogens is 390 g/mol. The Bertz CT molecular complexity index is 788. The molecule has 1 atom stereocenters. The fourth-order valence-electron chi connectivity index (χ4n) is 3.83. The monoisotopic (exact) mass is 419 g/mol. The summed E-state index contributed by atoms with van der Waals surface area (Å²) in [6.07, 6.45) is 6.44. The first kappa shape index (κ1) is 21.3. The van der Waals surface area contributed by atoms with Gasteiger partial charge in [-0.2, -0.15) is 0 Å². The number of rotatable bonds is 7. The van der Waals surface area contributed by atoms with Gasteiger partial charge in [-0.1, -0.05) is 56.3 Å². The summed E-state index contributed by atoms with van der Waals surface area (Å²) in [6.45, 7) is 8.34. The van der Waals surface area contributed by atoms with Crippen molar-refractivity contribution in [2.45, 2.75) is 64.2 Å². The van der Waals surface area contributed by atoms with Gasteiger partial charge in [0.15, 0.2) is 5.16 Å². The number of aromatic nitrogens is 2. The van der Waals surface area contributed by atoms with Gasteiger partial charge in [-0.3, -0.25) is 4.79 Å². The predicted octanol–water partition coefficient (Wildman–Crippen LogP) is 5.74. The average Bonchev–Trinajstić information content (AvgIpc) is 3.08. The van der Waals surface area contributed by atoms with Crippen LogP contribution in [0.15, 0.2) is 35.6 Å². The molecule has 3 rings (SSSR count). The third-order valence-electron chi connectivity index (χ3n) is 5.25. The lowest BCUT2D eigenvalue weighted by atomic mass is 10.0. The molecule has 6 heteroatoms. The van der Waals surface area contributed by atoms with E-state index in [1.54, 1.807) is 11.8 Å². The Hall–Kier alpha value is -1.46. The Kier molecular flexibility index (Phi) is 7.47. The van der Waals surface area contributed by atoms with Crippen LogP contribution in [-0.2, 0) is 11.3 Å². The number of carbonyl (C=O) groups is 1. The maximum atomic E-state index is 12.8. The van der Waals surface area contributed by atoms with Gasteiger partial charge in [-0.05, 0) is 49.3 Å². The molecule has 4 nitrogen and oxygen atoms in total. The van der Waals surface area contributed by atoms with Crippen LogP contribution in [0.5, 0.6) is 0 Å². The third kappa shape index (κ3) is 5.12. The highest BCUT2D eigenvalue weighted by molar-refractivity contribution is 7.99.